The Bertz CT molecular complexity index is 607. The molecule has 0 radical (unpaired) electrons. The summed E-state index contributed by atoms with van der Waals surface area (Å²) >= 11 is 12.0. The summed E-state index contributed by atoms with van der Waals surface area (Å²) in [6, 6.07) is 5.07. The van der Waals surface area contributed by atoms with Crippen molar-refractivity contribution in [3.63, 3.8) is 0 Å². The lowest BCUT2D eigenvalue weighted by molar-refractivity contribution is 0.0599. The average Bonchev–Trinajstić information content (AvgIpc) is 2.73. The third kappa shape index (κ3) is 2.09. The number of aromatic nitrogens is 1. The number of rotatable bonds is 2. The van der Waals surface area contributed by atoms with E-state index in [0.717, 1.165) is 0 Å². The van der Waals surface area contributed by atoms with Gasteiger partial charge < -0.3 is 9.26 Å². The van der Waals surface area contributed by atoms with Gasteiger partial charge in [-0.1, -0.05) is 40.5 Å². The van der Waals surface area contributed by atoms with Crippen LogP contribution in [0.15, 0.2) is 22.7 Å². The van der Waals surface area contributed by atoms with E-state index in [0.29, 0.717) is 27.1 Å². The highest BCUT2D eigenvalue weighted by Gasteiger charge is 2.24. The monoisotopic (exact) mass is 285 g/mol. The number of carbonyl (C=O) groups excluding carboxylic acids is 1. The molecule has 18 heavy (non-hydrogen) atoms. The first-order chi connectivity index (χ1) is 8.56. The Morgan fingerprint density at radius 1 is 1.39 bits per heavy atom. The fourth-order valence-electron chi connectivity index (χ4n) is 1.59. The van der Waals surface area contributed by atoms with Crippen LogP contribution < -0.4 is 0 Å². The van der Waals surface area contributed by atoms with Gasteiger partial charge in [-0.15, -0.1) is 0 Å². The van der Waals surface area contributed by atoms with Gasteiger partial charge in [-0.25, -0.2) is 4.79 Å². The van der Waals surface area contributed by atoms with Crippen molar-refractivity contribution in [3.8, 4) is 11.3 Å². The minimum absolute atomic E-state index is 0.252. The Morgan fingerprint density at radius 3 is 2.78 bits per heavy atom. The zero-order valence-corrected chi connectivity index (χ0v) is 11.2. The Kier molecular flexibility index (Phi) is 3.59. The van der Waals surface area contributed by atoms with Crippen LogP contribution >= 0.6 is 23.2 Å². The van der Waals surface area contributed by atoms with Crippen LogP contribution in [0.4, 0.5) is 0 Å². The van der Waals surface area contributed by atoms with Crippen LogP contribution in [0, 0.1) is 6.92 Å². The van der Waals surface area contributed by atoms with E-state index in [4.69, 9.17) is 32.5 Å². The fourth-order valence-corrected chi connectivity index (χ4v) is 1.98. The number of carbonyl (C=O) groups is 1. The first-order valence-electron chi connectivity index (χ1n) is 5.05. The van der Waals surface area contributed by atoms with Gasteiger partial charge in [0.1, 0.15) is 17.0 Å². The zero-order valence-electron chi connectivity index (χ0n) is 9.66. The van der Waals surface area contributed by atoms with Crippen LogP contribution in [0.5, 0.6) is 0 Å². The first-order valence-corrected chi connectivity index (χ1v) is 5.80. The number of aryl methyl sites for hydroxylation is 1. The number of hydrogen-bond donors (Lipinski definition) is 0. The molecule has 6 heteroatoms. The maximum Gasteiger partial charge on any atom is 0.343 e. The number of halogens is 2. The lowest BCUT2D eigenvalue weighted by Crippen LogP contribution is -2.03. The molecule has 0 bridgehead atoms. The largest absolute Gasteiger partial charge is 0.465 e. The van der Waals surface area contributed by atoms with Crippen LogP contribution in [0.2, 0.25) is 10.0 Å². The van der Waals surface area contributed by atoms with Gasteiger partial charge in [-0.3, -0.25) is 0 Å². The van der Waals surface area contributed by atoms with E-state index in [1.165, 1.54) is 7.11 Å². The predicted molar refractivity (Wildman–Crippen MR) is 68.0 cm³/mol. The Labute approximate surface area is 113 Å². The first kappa shape index (κ1) is 12.9. The molecule has 0 amide bonds. The molecule has 0 aliphatic carbocycles. The average molecular weight is 286 g/mol. The summed E-state index contributed by atoms with van der Waals surface area (Å²) in [5.41, 5.74) is 1.11. The van der Waals surface area contributed by atoms with Crippen molar-refractivity contribution in [2.75, 3.05) is 7.11 Å². The molecule has 0 N–H and O–H groups in total. The number of hydrogen-bond acceptors (Lipinski definition) is 4. The van der Waals surface area contributed by atoms with E-state index in [-0.39, 0.29) is 5.56 Å². The number of methoxy groups -OCH3 is 1. The Morgan fingerprint density at radius 2 is 2.11 bits per heavy atom. The van der Waals surface area contributed by atoms with Crippen LogP contribution in [-0.4, -0.2) is 18.2 Å². The third-order valence-corrected chi connectivity index (χ3v) is 3.28. The van der Waals surface area contributed by atoms with Gasteiger partial charge in [0.15, 0.2) is 0 Å². The van der Waals surface area contributed by atoms with E-state index in [9.17, 15) is 4.79 Å². The Hall–Kier alpha value is -1.52. The highest BCUT2D eigenvalue weighted by Crippen LogP contribution is 2.35. The predicted octanol–water partition coefficient (Wildman–Crippen LogP) is 3.74. The Balaban J connectivity index is 2.65. The van der Waals surface area contributed by atoms with Gasteiger partial charge in [-0.05, 0) is 13.0 Å². The molecule has 0 aliphatic heterocycles. The second-order valence-corrected chi connectivity index (χ2v) is 4.34. The van der Waals surface area contributed by atoms with Gasteiger partial charge >= 0.3 is 5.97 Å². The molecule has 2 aromatic rings. The summed E-state index contributed by atoms with van der Waals surface area (Å²) in [4.78, 5) is 11.7. The standard InChI is InChI=1S/C12H9Cl2NO3/c1-6-9(12(16)17-2)11(15-18-6)7-4-3-5-8(13)10(7)14/h3-5H,1-2H3. The van der Waals surface area contributed by atoms with E-state index in [1.54, 1.807) is 25.1 Å². The van der Waals surface area contributed by atoms with Crippen LogP contribution in [0.25, 0.3) is 11.3 Å². The molecular weight excluding hydrogens is 277 g/mol. The second kappa shape index (κ2) is 5.00. The van der Waals surface area contributed by atoms with Crippen LogP contribution in [0.3, 0.4) is 0 Å². The number of esters is 1. The van der Waals surface area contributed by atoms with Gasteiger partial charge in [-0.2, -0.15) is 0 Å². The molecule has 0 saturated heterocycles. The van der Waals surface area contributed by atoms with E-state index in [2.05, 4.69) is 5.16 Å². The van der Waals surface area contributed by atoms with Gasteiger partial charge in [0, 0.05) is 5.56 Å². The summed E-state index contributed by atoms with van der Waals surface area (Å²) in [7, 11) is 1.29. The van der Waals surface area contributed by atoms with Crippen molar-refractivity contribution < 1.29 is 14.1 Å². The summed E-state index contributed by atoms with van der Waals surface area (Å²) in [5.74, 6) is -0.160. The molecule has 0 fully saturated rings. The maximum absolute atomic E-state index is 11.7. The molecule has 0 aliphatic rings. The molecular formula is C12H9Cl2NO3. The summed E-state index contributed by atoms with van der Waals surface area (Å²) in [6.45, 7) is 1.63. The van der Waals surface area contributed by atoms with Crippen molar-refractivity contribution in [2.24, 2.45) is 0 Å². The highest BCUT2D eigenvalue weighted by molar-refractivity contribution is 6.43. The van der Waals surface area contributed by atoms with Crippen LogP contribution in [-0.2, 0) is 4.74 Å². The molecule has 0 saturated carbocycles. The zero-order chi connectivity index (χ0) is 13.3. The summed E-state index contributed by atoms with van der Waals surface area (Å²) in [5, 5.41) is 4.54. The molecule has 1 heterocycles. The van der Waals surface area contributed by atoms with E-state index < -0.39 is 5.97 Å². The van der Waals surface area contributed by atoms with Gasteiger partial charge in [0.25, 0.3) is 0 Å². The van der Waals surface area contributed by atoms with Crippen LogP contribution in [0.1, 0.15) is 16.1 Å². The molecule has 2 rings (SSSR count). The number of ether oxygens (including phenoxy) is 1. The van der Waals surface area contributed by atoms with Gasteiger partial charge in [0.05, 0.1) is 17.2 Å². The van der Waals surface area contributed by atoms with E-state index in [1.807, 2.05) is 0 Å². The lowest BCUT2D eigenvalue weighted by Gasteiger charge is -2.04. The smallest absolute Gasteiger partial charge is 0.343 e. The topological polar surface area (TPSA) is 52.3 Å². The minimum atomic E-state index is -0.528. The molecule has 1 aromatic heterocycles. The summed E-state index contributed by atoms with van der Waals surface area (Å²) in [6.07, 6.45) is 0. The number of benzene rings is 1. The summed E-state index contributed by atoms with van der Waals surface area (Å²) < 4.78 is 9.71. The molecule has 0 spiro atoms. The van der Waals surface area contributed by atoms with Crippen molar-refractivity contribution >= 4 is 29.2 Å². The molecule has 4 nitrogen and oxygen atoms in total. The normalized spacial score (nSPS) is 10.4. The SMILES string of the molecule is COC(=O)c1c(-c2cccc(Cl)c2Cl)noc1C. The van der Waals surface area contributed by atoms with Crippen molar-refractivity contribution in [1.29, 1.82) is 0 Å². The second-order valence-electron chi connectivity index (χ2n) is 3.56. The molecule has 94 valence electrons. The minimum Gasteiger partial charge on any atom is -0.465 e. The molecule has 0 unspecified atom stereocenters. The number of nitrogens with zero attached hydrogens (tertiary/aromatic N) is 1. The van der Waals surface area contributed by atoms with Crippen molar-refractivity contribution in [1.82, 2.24) is 5.16 Å². The van der Waals surface area contributed by atoms with Crippen molar-refractivity contribution in [3.05, 3.63) is 39.6 Å². The van der Waals surface area contributed by atoms with E-state index >= 15 is 0 Å². The third-order valence-electron chi connectivity index (χ3n) is 2.46. The quantitative estimate of drug-likeness (QED) is 0.789. The fraction of sp³-hybridized carbons (Fsp3) is 0.167. The highest BCUT2D eigenvalue weighted by atomic mass is 35.5. The maximum atomic E-state index is 11.7. The van der Waals surface area contributed by atoms with Gasteiger partial charge in [0.2, 0.25) is 0 Å². The lowest BCUT2D eigenvalue weighted by atomic mass is 10.1. The molecule has 1 aromatic carbocycles. The molecule has 0 atom stereocenters. The van der Waals surface area contributed by atoms with Crippen molar-refractivity contribution in [2.45, 2.75) is 6.92 Å².